The maximum absolute atomic E-state index is 11.0. The summed E-state index contributed by atoms with van der Waals surface area (Å²) in [6.45, 7) is 1.62. The lowest BCUT2D eigenvalue weighted by atomic mass is 10.2. The molecule has 1 heterocycles. The highest BCUT2D eigenvalue weighted by Crippen LogP contribution is 2.25. The van der Waals surface area contributed by atoms with Crippen LogP contribution in [-0.4, -0.2) is 31.4 Å². The fourth-order valence-electron chi connectivity index (χ4n) is 1.43. The van der Waals surface area contributed by atoms with Crippen LogP contribution in [0.25, 0.3) is 0 Å². The van der Waals surface area contributed by atoms with Crippen molar-refractivity contribution < 1.29 is 10.0 Å². The van der Waals surface area contributed by atoms with Crippen LogP contribution in [0.3, 0.4) is 0 Å². The van der Waals surface area contributed by atoms with Gasteiger partial charge in [-0.05, 0) is 19.1 Å². The summed E-state index contributed by atoms with van der Waals surface area (Å²) in [6.07, 6.45) is 1.29. The van der Waals surface area contributed by atoms with E-state index in [0.29, 0.717) is 11.3 Å². The lowest BCUT2D eigenvalue weighted by Gasteiger charge is -2.01. The first-order valence-electron chi connectivity index (χ1n) is 5.67. The lowest BCUT2D eigenvalue weighted by Crippen LogP contribution is -2.15. The number of nitro groups is 1. The van der Waals surface area contributed by atoms with Gasteiger partial charge in [-0.2, -0.15) is 15.2 Å². The maximum Gasteiger partial charge on any atom is 0.363 e. The number of hydrazone groups is 1. The molecule has 0 aliphatic carbocycles. The van der Waals surface area contributed by atoms with Gasteiger partial charge in [0.25, 0.3) is 0 Å². The Kier molecular flexibility index (Phi) is 3.88. The molecule has 1 aromatic carbocycles. The third kappa shape index (κ3) is 3.37. The Balaban J connectivity index is 2.18. The highest BCUT2D eigenvalue weighted by Gasteiger charge is 2.12. The minimum absolute atomic E-state index is 0.170. The van der Waals surface area contributed by atoms with Crippen LogP contribution in [0.2, 0.25) is 0 Å². The molecule has 0 spiro atoms. The second-order valence-electron chi connectivity index (χ2n) is 3.95. The molecule has 108 valence electrons. The average molecular weight is 290 g/mol. The van der Waals surface area contributed by atoms with E-state index in [9.17, 15) is 20.0 Å². The molecule has 0 unspecified atom stereocenters. The third-order valence-electron chi connectivity index (χ3n) is 2.46. The molecule has 0 saturated carbocycles. The Morgan fingerprint density at radius 3 is 3.00 bits per heavy atom. The number of aromatic amines is 1. The van der Waals surface area contributed by atoms with Gasteiger partial charge in [0.05, 0.1) is 11.1 Å². The van der Waals surface area contributed by atoms with Crippen molar-refractivity contribution in [2.45, 2.75) is 6.92 Å². The molecule has 21 heavy (non-hydrogen) atoms. The van der Waals surface area contributed by atoms with Gasteiger partial charge in [-0.25, -0.2) is 9.89 Å². The molecular weight excluding hydrogens is 280 g/mol. The van der Waals surface area contributed by atoms with Crippen molar-refractivity contribution in [2.24, 2.45) is 5.10 Å². The number of aryl methyl sites for hydroxylation is 1. The summed E-state index contributed by atoms with van der Waals surface area (Å²) in [4.78, 5) is 24.6. The molecule has 0 saturated heterocycles. The standard InChI is InChI=1S/C11H10N6O4/c1-6-10(13-11(19)16-14-6)15-12-5-7-2-3-9(18)8(4-7)17(20)21/h2-5,18H,1H3,(H2,13,15,16,19)/b12-5-. The minimum atomic E-state index is -0.702. The number of nitrogens with zero attached hydrogens (tertiary/aromatic N) is 4. The predicted molar refractivity (Wildman–Crippen MR) is 73.4 cm³/mol. The number of H-pyrrole nitrogens is 1. The highest BCUT2D eigenvalue weighted by atomic mass is 16.6. The molecule has 0 atom stereocenters. The van der Waals surface area contributed by atoms with Crippen molar-refractivity contribution in [3.05, 3.63) is 50.1 Å². The van der Waals surface area contributed by atoms with E-state index in [1.807, 2.05) is 0 Å². The molecule has 10 nitrogen and oxygen atoms in total. The van der Waals surface area contributed by atoms with Crippen molar-refractivity contribution in [1.29, 1.82) is 0 Å². The molecule has 0 aliphatic rings. The normalized spacial score (nSPS) is 10.7. The maximum atomic E-state index is 11.0. The second-order valence-corrected chi connectivity index (χ2v) is 3.95. The fourth-order valence-corrected chi connectivity index (χ4v) is 1.43. The summed E-state index contributed by atoms with van der Waals surface area (Å²) in [5.41, 5.74) is 2.28. The SMILES string of the molecule is Cc1n[nH]c(=O)nc1N/N=C\c1ccc(O)c([N+](=O)[O-])c1. The molecule has 0 bridgehead atoms. The first-order chi connectivity index (χ1) is 9.97. The fraction of sp³-hybridized carbons (Fsp3) is 0.0909. The Labute approximate surface area is 117 Å². The number of aromatic nitrogens is 3. The van der Waals surface area contributed by atoms with Crippen LogP contribution in [0.15, 0.2) is 28.1 Å². The number of phenolic OH excluding ortho intramolecular Hbond substituents is 1. The van der Waals surface area contributed by atoms with Gasteiger partial charge in [0.15, 0.2) is 11.6 Å². The number of hydrogen-bond acceptors (Lipinski definition) is 8. The molecule has 2 aromatic rings. The van der Waals surface area contributed by atoms with Crippen molar-refractivity contribution in [3.8, 4) is 5.75 Å². The largest absolute Gasteiger partial charge is 0.502 e. The highest BCUT2D eigenvalue weighted by molar-refractivity contribution is 5.82. The average Bonchev–Trinajstić information content (AvgIpc) is 2.44. The van der Waals surface area contributed by atoms with E-state index in [4.69, 9.17) is 0 Å². The van der Waals surface area contributed by atoms with Crippen LogP contribution in [0, 0.1) is 17.0 Å². The van der Waals surface area contributed by atoms with Gasteiger partial charge in [0, 0.05) is 11.6 Å². The van der Waals surface area contributed by atoms with Crippen LogP contribution in [0.1, 0.15) is 11.3 Å². The van der Waals surface area contributed by atoms with E-state index >= 15 is 0 Å². The zero-order valence-corrected chi connectivity index (χ0v) is 10.8. The molecule has 2 rings (SSSR count). The molecule has 0 radical (unpaired) electrons. The smallest absolute Gasteiger partial charge is 0.363 e. The molecule has 0 aliphatic heterocycles. The van der Waals surface area contributed by atoms with Crippen LogP contribution >= 0.6 is 0 Å². The van der Waals surface area contributed by atoms with Gasteiger partial charge in [-0.15, -0.1) is 0 Å². The molecule has 1 aromatic heterocycles. The van der Waals surface area contributed by atoms with Crippen LogP contribution < -0.4 is 11.1 Å². The van der Waals surface area contributed by atoms with E-state index in [1.165, 1.54) is 18.3 Å². The predicted octanol–water partition coefficient (Wildman–Crippen LogP) is 0.533. The molecular formula is C11H10N6O4. The van der Waals surface area contributed by atoms with Gasteiger partial charge in [0.2, 0.25) is 0 Å². The van der Waals surface area contributed by atoms with Crippen molar-refractivity contribution in [2.75, 3.05) is 5.43 Å². The Morgan fingerprint density at radius 1 is 1.52 bits per heavy atom. The van der Waals surface area contributed by atoms with Gasteiger partial charge in [-0.3, -0.25) is 15.5 Å². The van der Waals surface area contributed by atoms with Crippen LogP contribution in [0.5, 0.6) is 5.75 Å². The van der Waals surface area contributed by atoms with E-state index < -0.39 is 22.0 Å². The zero-order chi connectivity index (χ0) is 15.4. The molecule has 0 amide bonds. The number of nitro benzene ring substituents is 1. The van der Waals surface area contributed by atoms with Crippen molar-refractivity contribution >= 4 is 17.7 Å². The summed E-state index contributed by atoms with van der Waals surface area (Å²) >= 11 is 0. The number of aromatic hydroxyl groups is 1. The first kappa shape index (κ1) is 14.1. The first-order valence-corrected chi connectivity index (χ1v) is 5.67. The summed E-state index contributed by atoms with van der Waals surface area (Å²) in [5, 5.41) is 29.7. The quantitative estimate of drug-likeness (QED) is 0.422. The third-order valence-corrected chi connectivity index (χ3v) is 2.46. The number of nitrogens with one attached hydrogen (secondary N) is 2. The van der Waals surface area contributed by atoms with E-state index in [1.54, 1.807) is 6.92 Å². The van der Waals surface area contributed by atoms with Gasteiger partial charge >= 0.3 is 11.4 Å². The minimum Gasteiger partial charge on any atom is -0.502 e. The molecule has 0 fully saturated rings. The molecule has 3 N–H and O–H groups in total. The van der Waals surface area contributed by atoms with Crippen LogP contribution in [-0.2, 0) is 0 Å². The van der Waals surface area contributed by atoms with E-state index in [-0.39, 0.29) is 5.82 Å². The van der Waals surface area contributed by atoms with Crippen LogP contribution in [0.4, 0.5) is 11.5 Å². The summed E-state index contributed by atoms with van der Waals surface area (Å²) < 4.78 is 0. The Bertz CT molecular complexity index is 770. The Morgan fingerprint density at radius 2 is 2.29 bits per heavy atom. The molecule has 10 heteroatoms. The number of benzene rings is 1. The van der Waals surface area contributed by atoms with E-state index in [2.05, 4.69) is 25.7 Å². The monoisotopic (exact) mass is 290 g/mol. The van der Waals surface area contributed by atoms with Gasteiger partial charge in [-0.1, -0.05) is 0 Å². The van der Waals surface area contributed by atoms with E-state index in [0.717, 1.165) is 6.07 Å². The van der Waals surface area contributed by atoms with Gasteiger partial charge < -0.3 is 5.11 Å². The summed E-state index contributed by atoms with van der Waals surface area (Å²) in [6, 6.07) is 3.80. The number of anilines is 1. The topological polar surface area (TPSA) is 146 Å². The number of phenols is 1. The number of rotatable bonds is 4. The van der Waals surface area contributed by atoms with Crippen molar-refractivity contribution in [1.82, 2.24) is 15.2 Å². The summed E-state index contributed by atoms with van der Waals surface area (Å²) in [5.74, 6) is -0.260. The Hall–Kier alpha value is -3.30. The lowest BCUT2D eigenvalue weighted by molar-refractivity contribution is -0.385. The zero-order valence-electron chi connectivity index (χ0n) is 10.8. The number of hydrogen-bond donors (Lipinski definition) is 3. The van der Waals surface area contributed by atoms with Crippen molar-refractivity contribution in [3.63, 3.8) is 0 Å². The van der Waals surface area contributed by atoms with Gasteiger partial charge in [0.1, 0.15) is 5.69 Å². The second kappa shape index (κ2) is 5.77. The summed E-state index contributed by atoms with van der Waals surface area (Å²) in [7, 11) is 0.